The summed E-state index contributed by atoms with van der Waals surface area (Å²) >= 11 is 0.884. The van der Waals surface area contributed by atoms with E-state index >= 15 is 0 Å². The van der Waals surface area contributed by atoms with Gasteiger partial charge in [-0.25, -0.2) is 27.7 Å². The van der Waals surface area contributed by atoms with Crippen LogP contribution in [0.5, 0.6) is 5.75 Å². The molecule has 1 aromatic heterocycles. The van der Waals surface area contributed by atoms with E-state index in [0.29, 0.717) is 41.6 Å². The van der Waals surface area contributed by atoms with Crippen molar-refractivity contribution in [2.24, 2.45) is 5.14 Å². The molecule has 1 aliphatic rings. The summed E-state index contributed by atoms with van der Waals surface area (Å²) in [6, 6.07) is 11.2. The number of anilines is 2. The molecule has 0 unspecified atom stereocenters. The number of rotatable bonds is 5. The maximum absolute atomic E-state index is 13.7. The molecule has 2 aromatic carbocycles. The van der Waals surface area contributed by atoms with Gasteiger partial charge in [-0.15, -0.1) is 0 Å². The van der Waals surface area contributed by atoms with E-state index in [4.69, 9.17) is 9.88 Å². The van der Waals surface area contributed by atoms with Gasteiger partial charge in [0.2, 0.25) is 10.0 Å². The highest BCUT2D eigenvalue weighted by atomic mass is 32.2. The monoisotopic (exact) mass is 476 g/mol. The summed E-state index contributed by atoms with van der Waals surface area (Å²) in [5.74, 6) is 0.175. The van der Waals surface area contributed by atoms with Crippen molar-refractivity contribution in [1.29, 1.82) is 0 Å². The van der Waals surface area contributed by atoms with Crippen LogP contribution in [0.25, 0.3) is 11.1 Å². The number of carbonyl (C=O) groups excluding carboxylic acids is 1. The van der Waals surface area contributed by atoms with Gasteiger partial charge in [-0.2, -0.15) is 0 Å². The Labute approximate surface area is 189 Å². The largest absolute Gasteiger partial charge is 0.496 e. The Bertz CT molecular complexity index is 1280. The van der Waals surface area contributed by atoms with Gasteiger partial charge in [0.05, 0.1) is 12.8 Å². The predicted octanol–water partition coefficient (Wildman–Crippen LogP) is 3.75. The van der Waals surface area contributed by atoms with Crippen LogP contribution in [0, 0.1) is 12.7 Å². The van der Waals surface area contributed by atoms with E-state index in [-0.39, 0.29) is 21.8 Å². The number of thiazole rings is 1. The van der Waals surface area contributed by atoms with Crippen LogP contribution in [0.15, 0.2) is 46.7 Å². The number of aryl methyl sites for hydroxylation is 1. The van der Waals surface area contributed by atoms with E-state index in [2.05, 4.69) is 4.98 Å². The van der Waals surface area contributed by atoms with Crippen LogP contribution in [0.3, 0.4) is 0 Å². The maximum Gasteiger partial charge on any atom is 0.330 e. The minimum atomic E-state index is -3.91. The molecule has 0 aliphatic carbocycles. The summed E-state index contributed by atoms with van der Waals surface area (Å²) in [5, 5.41) is 5.54. The van der Waals surface area contributed by atoms with Crippen molar-refractivity contribution < 1.29 is 22.3 Å². The number of primary sulfonamides is 1. The molecule has 3 aromatic rings. The molecule has 0 spiro atoms. The molecule has 0 atom stereocenters. The Morgan fingerprint density at radius 2 is 1.81 bits per heavy atom. The van der Waals surface area contributed by atoms with Gasteiger partial charge in [0, 0.05) is 24.3 Å². The van der Waals surface area contributed by atoms with Crippen molar-refractivity contribution in [3.05, 3.63) is 54.0 Å². The third kappa shape index (κ3) is 4.18. The number of sulfonamides is 1. The first kappa shape index (κ1) is 22.2. The van der Waals surface area contributed by atoms with E-state index in [0.717, 1.165) is 16.9 Å². The van der Waals surface area contributed by atoms with Gasteiger partial charge < -0.3 is 4.74 Å². The number of aromatic nitrogens is 1. The van der Waals surface area contributed by atoms with Crippen LogP contribution >= 0.6 is 11.3 Å². The number of amides is 2. The van der Waals surface area contributed by atoms with E-state index in [1.54, 1.807) is 42.2 Å². The lowest BCUT2D eigenvalue weighted by molar-refractivity contribution is 0.248. The fraction of sp³-hybridized carbons (Fsp3) is 0.238. The number of halogens is 1. The molecule has 1 fully saturated rings. The van der Waals surface area contributed by atoms with Crippen molar-refractivity contribution in [3.63, 3.8) is 0 Å². The van der Waals surface area contributed by atoms with Crippen LogP contribution in [-0.2, 0) is 10.0 Å². The summed E-state index contributed by atoms with van der Waals surface area (Å²) in [6.45, 7) is 2.47. The number of ether oxygens (including phenoxy) is 1. The SMILES string of the molecule is COc1ccc(F)cc1-c1ccc(N2CCCN(c3nc(C)c(S(N)(=O)=O)s3)C2=O)cc1. The molecule has 0 saturated carbocycles. The molecular weight excluding hydrogens is 455 g/mol. The molecule has 168 valence electrons. The smallest absolute Gasteiger partial charge is 0.330 e. The second-order valence-electron chi connectivity index (χ2n) is 7.25. The summed E-state index contributed by atoms with van der Waals surface area (Å²) in [7, 11) is -2.39. The topological polar surface area (TPSA) is 106 Å². The average molecular weight is 477 g/mol. The van der Waals surface area contributed by atoms with Gasteiger partial charge in [0.1, 0.15) is 11.6 Å². The lowest BCUT2D eigenvalue weighted by Gasteiger charge is -2.34. The lowest BCUT2D eigenvalue weighted by Crippen LogP contribution is -2.49. The third-order valence-corrected chi connectivity index (χ3v) is 7.84. The van der Waals surface area contributed by atoms with Gasteiger partial charge >= 0.3 is 6.03 Å². The molecule has 32 heavy (non-hydrogen) atoms. The van der Waals surface area contributed by atoms with Crippen molar-refractivity contribution in [1.82, 2.24) is 4.98 Å². The number of methoxy groups -OCH3 is 1. The predicted molar refractivity (Wildman–Crippen MR) is 121 cm³/mol. The minimum Gasteiger partial charge on any atom is -0.496 e. The minimum absolute atomic E-state index is 0.0502. The highest BCUT2D eigenvalue weighted by Gasteiger charge is 2.31. The van der Waals surface area contributed by atoms with E-state index < -0.39 is 10.0 Å². The normalized spacial score (nSPS) is 14.7. The average Bonchev–Trinajstić information content (AvgIpc) is 3.16. The molecule has 1 aliphatic heterocycles. The lowest BCUT2D eigenvalue weighted by atomic mass is 10.0. The Kier molecular flexibility index (Phi) is 5.89. The van der Waals surface area contributed by atoms with E-state index in [1.165, 1.54) is 24.1 Å². The number of hydrogen-bond acceptors (Lipinski definition) is 6. The molecule has 11 heteroatoms. The zero-order chi connectivity index (χ0) is 23.0. The van der Waals surface area contributed by atoms with Gasteiger partial charge in [-0.1, -0.05) is 23.5 Å². The molecule has 8 nitrogen and oxygen atoms in total. The molecule has 2 heterocycles. The van der Waals surface area contributed by atoms with E-state index in [1.807, 2.05) is 0 Å². The highest BCUT2D eigenvalue weighted by Crippen LogP contribution is 2.34. The van der Waals surface area contributed by atoms with Crippen LogP contribution in [0.2, 0.25) is 0 Å². The number of nitrogens with two attached hydrogens (primary N) is 1. The Balaban J connectivity index is 1.61. The second kappa shape index (κ2) is 8.49. The summed E-state index contributed by atoms with van der Waals surface area (Å²) in [4.78, 5) is 20.5. The highest BCUT2D eigenvalue weighted by molar-refractivity contribution is 7.91. The zero-order valence-electron chi connectivity index (χ0n) is 17.4. The summed E-state index contributed by atoms with van der Waals surface area (Å²) < 4.78 is 42.5. The van der Waals surface area contributed by atoms with Crippen molar-refractivity contribution >= 4 is 38.2 Å². The van der Waals surface area contributed by atoms with E-state index in [9.17, 15) is 17.6 Å². The van der Waals surface area contributed by atoms with Crippen LogP contribution in [-0.4, -0.2) is 39.6 Å². The summed E-state index contributed by atoms with van der Waals surface area (Å²) in [5.41, 5.74) is 2.30. The van der Waals surface area contributed by atoms with Crippen molar-refractivity contribution in [2.45, 2.75) is 17.6 Å². The molecular formula is C21H21FN4O4S2. The molecule has 0 bridgehead atoms. The standard InChI is InChI=1S/C21H21FN4O4S2/c1-13-19(32(23,28)29)31-20(24-13)26-11-3-10-25(21(26)27)16-7-4-14(5-8-16)17-12-15(22)6-9-18(17)30-2/h4-9,12H,3,10-11H2,1-2H3,(H2,23,28,29). The molecule has 1 saturated heterocycles. The third-order valence-electron chi connectivity index (χ3n) is 5.11. The van der Waals surface area contributed by atoms with Crippen LogP contribution in [0.1, 0.15) is 12.1 Å². The second-order valence-corrected chi connectivity index (χ2v) is 9.98. The maximum atomic E-state index is 13.7. The van der Waals surface area contributed by atoms with Gasteiger partial charge in [-0.05, 0) is 49.2 Å². The molecule has 4 rings (SSSR count). The number of urea groups is 1. The number of nitrogens with zero attached hydrogens (tertiary/aromatic N) is 3. The quantitative estimate of drug-likeness (QED) is 0.604. The van der Waals surface area contributed by atoms with Crippen LogP contribution < -0.4 is 19.7 Å². The van der Waals surface area contributed by atoms with Crippen LogP contribution in [0.4, 0.5) is 20.0 Å². The number of hydrogen-bond donors (Lipinski definition) is 1. The molecule has 0 radical (unpaired) electrons. The fourth-order valence-corrected chi connectivity index (χ4v) is 5.58. The van der Waals surface area contributed by atoms with Gasteiger partial charge in [-0.3, -0.25) is 9.80 Å². The fourth-order valence-electron chi connectivity index (χ4n) is 3.62. The van der Waals surface area contributed by atoms with Crippen molar-refractivity contribution in [3.8, 4) is 16.9 Å². The Morgan fingerprint density at radius 1 is 1.12 bits per heavy atom. The zero-order valence-corrected chi connectivity index (χ0v) is 19.0. The Hall–Kier alpha value is -3.02. The number of carbonyl (C=O) groups is 1. The first-order valence-electron chi connectivity index (χ1n) is 9.72. The molecule has 2 amide bonds. The van der Waals surface area contributed by atoms with Gasteiger partial charge in [0.25, 0.3) is 0 Å². The first-order chi connectivity index (χ1) is 15.2. The van der Waals surface area contributed by atoms with Gasteiger partial charge in [0.15, 0.2) is 9.34 Å². The van der Waals surface area contributed by atoms with Crippen molar-refractivity contribution in [2.75, 3.05) is 30.0 Å². The first-order valence-corrected chi connectivity index (χ1v) is 12.1. The molecule has 2 N–H and O–H groups in total. The Morgan fingerprint density at radius 3 is 2.44 bits per heavy atom. The number of benzene rings is 2. The summed E-state index contributed by atoms with van der Waals surface area (Å²) in [6.07, 6.45) is 0.675.